The highest BCUT2D eigenvalue weighted by Gasteiger charge is 2.31. The van der Waals surface area contributed by atoms with Gasteiger partial charge in [0.15, 0.2) is 0 Å². The molecular formula is C26H23F3N2O4. The molecule has 0 aliphatic heterocycles. The summed E-state index contributed by atoms with van der Waals surface area (Å²) in [5.41, 5.74) is 5.07. The zero-order chi connectivity index (χ0) is 25.0. The van der Waals surface area contributed by atoms with Crippen molar-refractivity contribution in [2.45, 2.75) is 32.0 Å². The highest BCUT2D eigenvalue weighted by Crippen LogP contribution is 2.32. The van der Waals surface area contributed by atoms with Crippen molar-refractivity contribution in [3.8, 4) is 16.9 Å². The summed E-state index contributed by atoms with van der Waals surface area (Å²) in [6.07, 6.45) is -2.16. The van der Waals surface area contributed by atoms with Crippen LogP contribution in [0.4, 0.5) is 29.3 Å². The van der Waals surface area contributed by atoms with Crippen molar-refractivity contribution in [2.75, 3.05) is 10.6 Å². The van der Waals surface area contributed by atoms with Crippen LogP contribution in [0.1, 0.15) is 24.0 Å². The Morgan fingerprint density at radius 3 is 2.34 bits per heavy atom. The van der Waals surface area contributed by atoms with Gasteiger partial charge in [-0.1, -0.05) is 36.4 Å². The number of fused-ring (bicyclic) bond motifs is 1. The standard InChI is InChI=1S/C26H23F3N2O4/c27-26(28,29)35-23-3-1-2-22(15-23)31-25(34)30-21-10-8-17(9-11-21)19-7-6-18-12-16(13-24(32)33)4-5-20(18)14-19/h1-3,6-11,14-16H,4-5,12-13H2,(H,32,33)(H2,30,31,34). The van der Waals surface area contributed by atoms with E-state index in [0.717, 1.165) is 42.5 Å². The van der Waals surface area contributed by atoms with Gasteiger partial charge in [-0.3, -0.25) is 4.79 Å². The number of carboxylic acids is 1. The molecular weight excluding hydrogens is 461 g/mol. The van der Waals surface area contributed by atoms with Gasteiger partial charge in [-0.25, -0.2) is 4.79 Å². The molecule has 3 N–H and O–H groups in total. The Balaban J connectivity index is 1.37. The third-order valence-corrected chi connectivity index (χ3v) is 5.80. The molecule has 6 nitrogen and oxygen atoms in total. The van der Waals surface area contributed by atoms with Gasteiger partial charge in [-0.15, -0.1) is 13.2 Å². The third kappa shape index (κ3) is 6.75. The predicted molar refractivity (Wildman–Crippen MR) is 125 cm³/mol. The molecule has 35 heavy (non-hydrogen) atoms. The smallest absolute Gasteiger partial charge is 0.481 e. The van der Waals surface area contributed by atoms with Crippen LogP contribution in [0.25, 0.3) is 11.1 Å². The van der Waals surface area contributed by atoms with E-state index in [4.69, 9.17) is 5.11 Å². The maximum Gasteiger partial charge on any atom is 0.573 e. The Kier molecular flexibility index (Phi) is 6.95. The molecule has 1 aliphatic carbocycles. The molecule has 182 valence electrons. The number of aliphatic carboxylic acids is 1. The number of carboxylic acid groups (broad SMARTS) is 1. The summed E-state index contributed by atoms with van der Waals surface area (Å²) in [6.45, 7) is 0. The number of rotatable bonds is 6. The lowest BCUT2D eigenvalue weighted by molar-refractivity contribution is -0.274. The van der Waals surface area contributed by atoms with Gasteiger partial charge in [0.1, 0.15) is 5.75 Å². The molecule has 1 aliphatic rings. The average molecular weight is 484 g/mol. The van der Waals surface area contributed by atoms with Crippen LogP contribution in [-0.4, -0.2) is 23.5 Å². The lowest BCUT2D eigenvalue weighted by Crippen LogP contribution is -2.20. The van der Waals surface area contributed by atoms with Gasteiger partial charge in [0.05, 0.1) is 0 Å². The number of hydrogen-bond donors (Lipinski definition) is 3. The number of carbonyl (C=O) groups excluding carboxylic acids is 1. The number of benzene rings is 3. The predicted octanol–water partition coefficient (Wildman–Crippen LogP) is 6.48. The van der Waals surface area contributed by atoms with E-state index >= 15 is 0 Å². The second-order valence-electron chi connectivity index (χ2n) is 8.42. The number of aryl methyl sites for hydroxylation is 1. The summed E-state index contributed by atoms with van der Waals surface area (Å²) in [7, 11) is 0. The molecule has 1 atom stereocenters. The number of nitrogens with one attached hydrogen (secondary N) is 2. The summed E-state index contributed by atoms with van der Waals surface area (Å²) in [4.78, 5) is 23.3. The van der Waals surface area contributed by atoms with Crippen LogP contribution in [0, 0.1) is 5.92 Å². The van der Waals surface area contributed by atoms with Gasteiger partial charge in [0, 0.05) is 23.9 Å². The summed E-state index contributed by atoms with van der Waals surface area (Å²) in [5.74, 6) is -1.02. The highest BCUT2D eigenvalue weighted by atomic mass is 19.4. The van der Waals surface area contributed by atoms with Crippen molar-refractivity contribution in [3.05, 3.63) is 77.9 Å². The quantitative estimate of drug-likeness (QED) is 0.374. The maximum absolute atomic E-state index is 12.4. The van der Waals surface area contributed by atoms with E-state index in [1.165, 1.54) is 23.3 Å². The molecule has 0 bridgehead atoms. The molecule has 0 saturated carbocycles. The van der Waals surface area contributed by atoms with Crippen LogP contribution in [0.2, 0.25) is 0 Å². The zero-order valence-corrected chi connectivity index (χ0v) is 18.6. The number of amides is 2. The summed E-state index contributed by atoms with van der Waals surface area (Å²) >= 11 is 0. The third-order valence-electron chi connectivity index (χ3n) is 5.80. The van der Waals surface area contributed by atoms with Crippen LogP contribution in [0.15, 0.2) is 66.7 Å². The Labute approximate surface area is 199 Å². The van der Waals surface area contributed by atoms with Gasteiger partial charge in [0.25, 0.3) is 0 Å². The number of carbonyl (C=O) groups is 2. The minimum atomic E-state index is -4.82. The molecule has 9 heteroatoms. The van der Waals surface area contributed by atoms with E-state index in [2.05, 4.69) is 27.5 Å². The lowest BCUT2D eigenvalue weighted by atomic mass is 9.81. The van der Waals surface area contributed by atoms with E-state index in [0.29, 0.717) is 5.69 Å². The normalized spacial score (nSPS) is 15.1. The molecule has 3 aromatic carbocycles. The fourth-order valence-electron chi connectivity index (χ4n) is 4.24. The van der Waals surface area contributed by atoms with Crippen LogP contribution < -0.4 is 15.4 Å². The van der Waals surface area contributed by atoms with Crippen LogP contribution in [0.3, 0.4) is 0 Å². The molecule has 3 aromatic rings. The van der Waals surface area contributed by atoms with Gasteiger partial charge in [-0.2, -0.15) is 0 Å². The number of urea groups is 1. The van der Waals surface area contributed by atoms with E-state index in [1.807, 2.05) is 18.2 Å². The Morgan fingerprint density at radius 1 is 0.914 bits per heavy atom. The Morgan fingerprint density at radius 2 is 1.63 bits per heavy atom. The van der Waals surface area contributed by atoms with E-state index < -0.39 is 24.1 Å². The van der Waals surface area contributed by atoms with Gasteiger partial charge in [-0.05, 0) is 71.7 Å². The monoisotopic (exact) mass is 484 g/mol. The molecule has 0 aromatic heterocycles. The number of ether oxygens (including phenoxy) is 1. The van der Waals surface area contributed by atoms with Gasteiger partial charge >= 0.3 is 18.4 Å². The van der Waals surface area contributed by atoms with Crippen LogP contribution >= 0.6 is 0 Å². The van der Waals surface area contributed by atoms with E-state index in [9.17, 15) is 22.8 Å². The van der Waals surface area contributed by atoms with E-state index in [1.54, 1.807) is 12.1 Å². The Hall–Kier alpha value is -4.01. The second-order valence-corrected chi connectivity index (χ2v) is 8.42. The molecule has 1 unspecified atom stereocenters. The molecule has 0 fully saturated rings. The second kappa shape index (κ2) is 10.1. The highest BCUT2D eigenvalue weighted by molar-refractivity contribution is 6.00. The van der Waals surface area contributed by atoms with Gasteiger partial charge in [0.2, 0.25) is 0 Å². The van der Waals surface area contributed by atoms with Crippen LogP contribution in [0.5, 0.6) is 5.75 Å². The summed E-state index contributed by atoms with van der Waals surface area (Å²) < 4.78 is 41.0. The first kappa shape index (κ1) is 24.1. The largest absolute Gasteiger partial charge is 0.573 e. The molecule has 2 amide bonds. The minimum absolute atomic E-state index is 0.153. The number of halogens is 3. The van der Waals surface area contributed by atoms with Crippen molar-refractivity contribution >= 4 is 23.4 Å². The van der Waals surface area contributed by atoms with Crippen molar-refractivity contribution in [2.24, 2.45) is 5.92 Å². The SMILES string of the molecule is O=C(O)CC1CCc2cc(-c3ccc(NC(=O)Nc4cccc(OC(F)(F)F)c4)cc3)ccc2C1. The molecule has 4 rings (SSSR count). The number of hydrogen-bond acceptors (Lipinski definition) is 3. The lowest BCUT2D eigenvalue weighted by Gasteiger charge is -2.24. The first-order valence-electron chi connectivity index (χ1n) is 11.0. The average Bonchev–Trinajstić information content (AvgIpc) is 2.78. The van der Waals surface area contributed by atoms with Crippen molar-refractivity contribution < 1.29 is 32.6 Å². The van der Waals surface area contributed by atoms with Gasteiger partial charge < -0.3 is 20.5 Å². The fourth-order valence-corrected chi connectivity index (χ4v) is 4.24. The number of anilines is 2. The summed E-state index contributed by atoms with van der Waals surface area (Å²) in [5, 5.41) is 14.2. The molecule has 0 saturated heterocycles. The zero-order valence-electron chi connectivity index (χ0n) is 18.6. The van der Waals surface area contributed by atoms with Crippen molar-refractivity contribution in [1.29, 1.82) is 0 Å². The molecule has 0 spiro atoms. The minimum Gasteiger partial charge on any atom is -0.481 e. The van der Waals surface area contributed by atoms with Crippen molar-refractivity contribution in [3.63, 3.8) is 0 Å². The molecule has 0 heterocycles. The summed E-state index contributed by atoms with van der Waals surface area (Å²) in [6, 6.07) is 17.8. The molecule has 0 radical (unpaired) electrons. The Bertz CT molecular complexity index is 1230. The van der Waals surface area contributed by atoms with Crippen LogP contribution in [-0.2, 0) is 17.6 Å². The van der Waals surface area contributed by atoms with E-state index in [-0.39, 0.29) is 18.0 Å². The number of alkyl halides is 3. The topological polar surface area (TPSA) is 87.7 Å². The van der Waals surface area contributed by atoms with Crippen molar-refractivity contribution in [1.82, 2.24) is 0 Å². The first-order chi connectivity index (χ1) is 16.6. The maximum atomic E-state index is 12.4. The fraction of sp³-hybridized carbons (Fsp3) is 0.231. The first-order valence-corrected chi connectivity index (χ1v) is 11.0.